The molecule has 0 aromatic heterocycles. The second-order valence-electron chi connectivity index (χ2n) is 12.9. The molecular weight excluding hydrogens is 548 g/mol. The summed E-state index contributed by atoms with van der Waals surface area (Å²) in [6.07, 6.45) is 5.74. The van der Waals surface area contributed by atoms with Crippen LogP contribution in [-0.4, -0.2) is 26.1 Å². The molecule has 5 heteroatoms. The van der Waals surface area contributed by atoms with Crippen molar-refractivity contribution in [3.05, 3.63) is 0 Å². The van der Waals surface area contributed by atoms with Crippen molar-refractivity contribution in [2.24, 2.45) is 80.8 Å². The van der Waals surface area contributed by atoms with Crippen molar-refractivity contribution in [3.8, 4) is 0 Å². The maximum absolute atomic E-state index is 13.6. The zero-order valence-corrected chi connectivity index (χ0v) is 20.3. The zero-order valence-electron chi connectivity index (χ0n) is 15.6. The molecule has 8 bridgehead atoms. The van der Waals surface area contributed by atoms with Gasteiger partial charge in [0.15, 0.2) is 0 Å². The third-order valence-electron chi connectivity index (χ3n) is 14.9. The molecule has 13 saturated carbocycles. The second kappa shape index (κ2) is 3.09. The van der Waals surface area contributed by atoms with E-state index >= 15 is 0 Å². The van der Waals surface area contributed by atoms with Gasteiger partial charge in [0.1, 0.15) is 4.32 Å². The van der Waals surface area contributed by atoms with Crippen LogP contribution in [0, 0.1) is 80.8 Å². The smallest absolute Gasteiger partial charge is 0.323 e. The van der Waals surface area contributed by atoms with Crippen molar-refractivity contribution in [2.45, 2.75) is 38.7 Å². The number of hydrogen-bond donors (Lipinski definition) is 0. The Kier molecular flexibility index (Phi) is 1.64. The van der Waals surface area contributed by atoms with E-state index in [4.69, 9.17) is 4.74 Å². The van der Waals surface area contributed by atoms with Gasteiger partial charge in [-0.25, -0.2) is 0 Å². The molecule has 13 rings (SSSR count). The summed E-state index contributed by atoms with van der Waals surface area (Å²) in [6, 6.07) is 0. The van der Waals surface area contributed by atoms with Gasteiger partial charge in [0, 0.05) is 19.5 Å². The quantitative estimate of drug-likeness (QED) is 0.347. The minimum atomic E-state index is -0.406. The normalized spacial score (nSPS) is 91.4. The van der Waals surface area contributed by atoms with Gasteiger partial charge in [-0.1, -0.05) is 47.8 Å². The average Bonchev–Trinajstić information content (AvgIpc) is 3.44. The fraction of sp³-hybridized carbons (Fsp3) is 0.957. The lowest BCUT2D eigenvalue weighted by atomic mass is 9.24. The molecule has 4 spiro atoms. The summed E-state index contributed by atoms with van der Waals surface area (Å²) >= 11 is 13.5. The van der Waals surface area contributed by atoms with E-state index < -0.39 is 4.32 Å². The van der Waals surface area contributed by atoms with Crippen LogP contribution in [0.4, 0.5) is 0 Å². The lowest BCUT2D eigenvalue weighted by Crippen LogP contribution is -2.84. The van der Waals surface area contributed by atoms with Crippen molar-refractivity contribution in [1.82, 2.24) is 0 Å². The number of halogens is 3. The van der Waals surface area contributed by atoms with Gasteiger partial charge in [-0.05, 0) is 95.7 Å². The van der Waals surface area contributed by atoms with E-state index in [1.165, 1.54) is 19.3 Å². The summed E-state index contributed by atoms with van der Waals surface area (Å²) in [6.45, 7) is 0. The fourth-order valence-corrected chi connectivity index (χ4v) is 22.1. The number of carbonyl (C=O) groups is 1. The molecule has 0 aliphatic heterocycles. The van der Waals surface area contributed by atoms with E-state index in [0.29, 0.717) is 54.0 Å². The number of alkyl halides is 3. The van der Waals surface area contributed by atoms with Crippen molar-refractivity contribution >= 4 is 53.8 Å². The van der Waals surface area contributed by atoms with Crippen LogP contribution >= 0.6 is 47.8 Å². The third-order valence-corrected chi connectivity index (χ3v) is 19.3. The Balaban J connectivity index is 1.44. The number of carbonyl (C=O) groups excluding carboxylic acids is 1. The Morgan fingerprint density at radius 1 is 0.821 bits per heavy atom. The second-order valence-corrected chi connectivity index (χ2v) is 17.0. The molecule has 1 unspecified atom stereocenters. The van der Waals surface area contributed by atoms with Crippen molar-refractivity contribution in [1.29, 1.82) is 0 Å². The molecule has 0 N–H and O–H groups in total. The average molecular weight is 569 g/mol. The van der Waals surface area contributed by atoms with Crippen LogP contribution in [0.3, 0.4) is 0 Å². The van der Waals surface area contributed by atoms with E-state index in [0.717, 1.165) is 35.5 Å². The number of rotatable bonds is 1. The highest BCUT2D eigenvalue weighted by molar-refractivity contribution is 9.10. The maximum atomic E-state index is 13.6. The Hall–Kier alpha value is 0.910. The first-order valence-electron chi connectivity index (χ1n) is 11.5. The maximum Gasteiger partial charge on any atom is 0.323 e. The van der Waals surface area contributed by atoms with E-state index in [9.17, 15) is 4.79 Å². The van der Waals surface area contributed by atoms with Crippen LogP contribution in [0.25, 0.3) is 0 Å². The zero-order chi connectivity index (χ0) is 18.4. The predicted octanol–water partition coefficient (Wildman–Crippen LogP) is 4.38. The summed E-state index contributed by atoms with van der Waals surface area (Å²) < 4.78 is 5.81. The molecule has 146 valence electrons. The molecule has 0 aromatic carbocycles. The molecule has 13 aliphatic rings. The Labute approximate surface area is 189 Å². The molecule has 0 radical (unpaired) electrons. The minimum Gasteiger partial charge on any atom is -0.468 e. The fourth-order valence-electron chi connectivity index (χ4n) is 17.3. The number of fused-ring (bicyclic) bond motifs is 1. The highest BCUT2D eigenvalue weighted by Crippen LogP contribution is 3.24. The lowest BCUT2D eigenvalue weighted by Gasteiger charge is -2.82. The summed E-state index contributed by atoms with van der Waals surface area (Å²) in [5, 5.41) is 0. The topological polar surface area (TPSA) is 26.3 Å². The van der Waals surface area contributed by atoms with Crippen LogP contribution in [-0.2, 0) is 9.53 Å². The monoisotopic (exact) mass is 566 g/mol. The first kappa shape index (κ1) is 14.9. The highest BCUT2D eigenvalue weighted by atomic mass is 79.9. The van der Waals surface area contributed by atoms with Gasteiger partial charge in [-0.15, -0.1) is 0 Å². The summed E-state index contributed by atoms with van der Waals surface area (Å²) in [7, 11) is 1.63. The molecule has 13 fully saturated rings. The van der Waals surface area contributed by atoms with E-state index in [1.807, 2.05) is 0 Å². The molecule has 17 atom stereocenters. The Morgan fingerprint density at radius 3 is 1.75 bits per heavy atom. The van der Waals surface area contributed by atoms with Gasteiger partial charge in [-0.3, -0.25) is 4.79 Å². The van der Waals surface area contributed by atoms with E-state index in [1.54, 1.807) is 13.5 Å². The van der Waals surface area contributed by atoms with Crippen LogP contribution in [0.5, 0.6) is 0 Å². The summed E-state index contributed by atoms with van der Waals surface area (Å²) in [5.74, 6) is 8.28. The molecule has 0 aromatic rings. The standard InChI is InChI=1S/C23H21Br3O2/c1-28-16(27)19(26)14-12-13-15(19)21-7-4-6-10-8-5-9(11(7)10)23(21)18(13,25)3-2-17(12,24)22(8,23)20(6,14)21/h6-15H,2-5H2,1H3/t6-,7+,8+,9-,10+,11-,12-,13+,14-,15+,17+,18-,19?,20-,21+,22-,23-/m1/s1. The lowest BCUT2D eigenvalue weighted by molar-refractivity contribution is -0.321. The Bertz CT molecular complexity index is 1010. The molecule has 0 amide bonds. The number of ether oxygens (including phenoxy) is 1. The largest absolute Gasteiger partial charge is 0.468 e. The summed E-state index contributed by atoms with van der Waals surface area (Å²) in [5.41, 5.74) is 1.93. The van der Waals surface area contributed by atoms with Crippen LogP contribution in [0.2, 0.25) is 0 Å². The molecule has 0 saturated heterocycles. The first-order chi connectivity index (χ1) is 13.4. The van der Waals surface area contributed by atoms with Crippen molar-refractivity contribution < 1.29 is 9.53 Å². The van der Waals surface area contributed by atoms with Gasteiger partial charge < -0.3 is 4.74 Å². The van der Waals surface area contributed by atoms with Crippen LogP contribution in [0.15, 0.2) is 0 Å². The van der Waals surface area contributed by atoms with Crippen molar-refractivity contribution in [3.63, 3.8) is 0 Å². The van der Waals surface area contributed by atoms with Gasteiger partial charge in [0.25, 0.3) is 0 Å². The number of methoxy groups -OCH3 is 1. The molecule has 2 nitrogen and oxygen atoms in total. The molecule has 13 aliphatic carbocycles. The molecular formula is C23H21Br3O2. The summed E-state index contributed by atoms with van der Waals surface area (Å²) in [4.78, 5) is 13.6. The van der Waals surface area contributed by atoms with Gasteiger partial charge in [-0.2, -0.15) is 0 Å². The van der Waals surface area contributed by atoms with Gasteiger partial charge in [0.05, 0.1) is 7.11 Å². The van der Waals surface area contributed by atoms with E-state index in [2.05, 4.69) is 47.8 Å². The first-order valence-corrected chi connectivity index (χ1v) is 13.9. The Morgan fingerprint density at radius 2 is 1.29 bits per heavy atom. The number of esters is 1. The predicted molar refractivity (Wildman–Crippen MR) is 110 cm³/mol. The SMILES string of the molecule is COC(=O)C1(Br)[C@H]2[C@H]3[C@H]4[C@@H]1[C@@]15[C@H]6C[C@@H]7[C@@H]8[C@H]6[C@H]6C[C@@H]8[C@@]8([C@]721)[C@@]65[C@@]4(Br)CC[C@]38Br. The van der Waals surface area contributed by atoms with Crippen LogP contribution in [0.1, 0.15) is 25.7 Å². The van der Waals surface area contributed by atoms with Gasteiger partial charge in [0.2, 0.25) is 0 Å². The molecule has 0 heterocycles. The third kappa shape index (κ3) is 0.626. The van der Waals surface area contributed by atoms with E-state index in [-0.39, 0.29) is 5.97 Å². The number of hydrogen-bond acceptors (Lipinski definition) is 2. The van der Waals surface area contributed by atoms with Crippen LogP contribution < -0.4 is 0 Å². The van der Waals surface area contributed by atoms with Gasteiger partial charge >= 0.3 is 5.97 Å². The molecule has 28 heavy (non-hydrogen) atoms. The highest BCUT2D eigenvalue weighted by Gasteiger charge is 3.24. The van der Waals surface area contributed by atoms with Crippen molar-refractivity contribution in [2.75, 3.05) is 7.11 Å². The minimum absolute atomic E-state index is 0.0771.